The van der Waals surface area contributed by atoms with Crippen LogP contribution in [0.15, 0.2) is 88.9 Å². The van der Waals surface area contributed by atoms with Crippen LogP contribution in [0.5, 0.6) is 5.75 Å². The molecule has 8 nitrogen and oxygen atoms in total. The zero-order valence-electron chi connectivity index (χ0n) is 21.4. The fourth-order valence-corrected chi connectivity index (χ4v) is 5.78. The van der Waals surface area contributed by atoms with Gasteiger partial charge in [0.05, 0.1) is 28.9 Å². The van der Waals surface area contributed by atoms with Crippen LogP contribution in [0.25, 0.3) is 5.69 Å². The van der Waals surface area contributed by atoms with E-state index in [0.717, 1.165) is 26.9 Å². The Hall–Kier alpha value is -4.15. The molecule has 0 aliphatic heterocycles. The number of aromatic nitrogens is 1. The molecule has 1 heterocycles. The van der Waals surface area contributed by atoms with E-state index in [0.29, 0.717) is 5.75 Å². The van der Waals surface area contributed by atoms with Gasteiger partial charge in [0.25, 0.3) is 15.9 Å². The van der Waals surface area contributed by atoms with Crippen molar-refractivity contribution in [3.05, 3.63) is 107 Å². The number of sulfonamides is 1. The van der Waals surface area contributed by atoms with Crippen LogP contribution in [0.2, 0.25) is 5.02 Å². The molecular formula is C28H26ClFN4O4S. The van der Waals surface area contributed by atoms with Crippen molar-refractivity contribution in [1.29, 1.82) is 0 Å². The second-order valence-corrected chi connectivity index (χ2v) is 10.8. The van der Waals surface area contributed by atoms with Gasteiger partial charge in [-0.3, -0.25) is 9.10 Å². The molecule has 1 amide bonds. The minimum Gasteiger partial charge on any atom is -0.495 e. The lowest BCUT2D eigenvalue weighted by Gasteiger charge is -2.24. The van der Waals surface area contributed by atoms with Gasteiger partial charge in [-0.2, -0.15) is 5.10 Å². The second-order valence-electron chi connectivity index (χ2n) is 8.58. The molecule has 202 valence electrons. The van der Waals surface area contributed by atoms with Crippen LogP contribution in [0.1, 0.15) is 17.0 Å². The number of rotatable bonds is 9. The molecule has 0 bridgehead atoms. The first kappa shape index (κ1) is 27.9. The highest BCUT2D eigenvalue weighted by Gasteiger charge is 2.27. The zero-order chi connectivity index (χ0) is 28.2. The molecule has 3 aromatic carbocycles. The normalized spacial score (nSPS) is 11.5. The van der Waals surface area contributed by atoms with Gasteiger partial charge in [0.2, 0.25) is 0 Å². The molecule has 0 radical (unpaired) electrons. The quantitative estimate of drug-likeness (QED) is 0.221. The molecule has 4 aromatic rings. The molecule has 0 saturated heterocycles. The van der Waals surface area contributed by atoms with E-state index < -0.39 is 22.5 Å². The van der Waals surface area contributed by atoms with Crippen molar-refractivity contribution in [3.8, 4) is 11.4 Å². The number of hydrazone groups is 1. The van der Waals surface area contributed by atoms with Gasteiger partial charge in [-0.25, -0.2) is 18.2 Å². The monoisotopic (exact) mass is 568 g/mol. The summed E-state index contributed by atoms with van der Waals surface area (Å²) in [6.45, 7) is 3.23. The molecule has 4 rings (SSSR count). The SMILES string of the molecule is COc1ccc(N(CC(=O)N/N=C\c2cc(C)n(-c3ccc(F)cc3)c2C)S(=O)(=O)c2ccccc2)cc1Cl. The molecule has 11 heteroatoms. The smallest absolute Gasteiger partial charge is 0.264 e. The Morgan fingerprint density at radius 3 is 2.41 bits per heavy atom. The molecule has 0 aliphatic carbocycles. The lowest BCUT2D eigenvalue weighted by atomic mass is 10.2. The number of hydrogen-bond acceptors (Lipinski definition) is 5. The number of hydrogen-bond donors (Lipinski definition) is 1. The molecule has 1 N–H and O–H groups in total. The molecule has 0 atom stereocenters. The number of nitrogens with zero attached hydrogens (tertiary/aromatic N) is 3. The maximum absolute atomic E-state index is 13.5. The third kappa shape index (κ3) is 6.13. The summed E-state index contributed by atoms with van der Waals surface area (Å²) in [5.41, 5.74) is 5.83. The molecular weight excluding hydrogens is 543 g/mol. The van der Waals surface area contributed by atoms with Crippen molar-refractivity contribution in [1.82, 2.24) is 9.99 Å². The number of aryl methyl sites for hydroxylation is 1. The summed E-state index contributed by atoms with van der Waals surface area (Å²) in [6.07, 6.45) is 1.47. The van der Waals surface area contributed by atoms with E-state index in [1.165, 1.54) is 55.8 Å². The molecule has 0 fully saturated rings. The predicted octanol–water partition coefficient (Wildman–Crippen LogP) is 5.24. The Morgan fingerprint density at radius 1 is 1.08 bits per heavy atom. The summed E-state index contributed by atoms with van der Waals surface area (Å²) in [4.78, 5) is 12.9. The highest BCUT2D eigenvalue weighted by molar-refractivity contribution is 7.92. The van der Waals surface area contributed by atoms with Crippen LogP contribution < -0.4 is 14.5 Å². The average Bonchev–Trinajstić information content (AvgIpc) is 3.20. The van der Waals surface area contributed by atoms with Crippen molar-refractivity contribution in [3.63, 3.8) is 0 Å². The van der Waals surface area contributed by atoms with E-state index in [2.05, 4.69) is 10.5 Å². The van der Waals surface area contributed by atoms with E-state index >= 15 is 0 Å². The van der Waals surface area contributed by atoms with Gasteiger partial charge in [0.1, 0.15) is 18.1 Å². The van der Waals surface area contributed by atoms with Crippen LogP contribution in [0, 0.1) is 19.7 Å². The van der Waals surface area contributed by atoms with Crippen molar-refractivity contribution in [2.45, 2.75) is 18.7 Å². The lowest BCUT2D eigenvalue weighted by molar-refractivity contribution is -0.119. The average molecular weight is 569 g/mol. The molecule has 39 heavy (non-hydrogen) atoms. The number of anilines is 1. The van der Waals surface area contributed by atoms with Gasteiger partial charge >= 0.3 is 0 Å². The van der Waals surface area contributed by atoms with Crippen LogP contribution in [-0.4, -0.2) is 38.8 Å². The van der Waals surface area contributed by atoms with Crippen molar-refractivity contribution < 1.29 is 22.3 Å². The first-order chi connectivity index (χ1) is 18.6. The van der Waals surface area contributed by atoms with Crippen molar-refractivity contribution in [2.75, 3.05) is 18.0 Å². The Morgan fingerprint density at radius 2 is 1.77 bits per heavy atom. The number of carbonyl (C=O) groups is 1. The first-order valence-electron chi connectivity index (χ1n) is 11.8. The summed E-state index contributed by atoms with van der Waals surface area (Å²) < 4.78 is 48.4. The topological polar surface area (TPSA) is 93.0 Å². The molecule has 0 aliphatic rings. The van der Waals surface area contributed by atoms with E-state index in [-0.39, 0.29) is 21.4 Å². The predicted molar refractivity (Wildman–Crippen MR) is 150 cm³/mol. The summed E-state index contributed by atoms with van der Waals surface area (Å²) in [5.74, 6) is -0.624. The van der Waals surface area contributed by atoms with Gasteiger partial charge in [0, 0.05) is 22.6 Å². The first-order valence-corrected chi connectivity index (χ1v) is 13.6. The molecule has 0 unspecified atom stereocenters. The standard InChI is InChI=1S/C28H26ClFN4O4S/c1-19-15-21(20(2)34(19)23-11-9-22(30)10-12-23)17-31-32-28(35)18-33(24-13-14-27(38-3)26(29)16-24)39(36,37)25-7-5-4-6-8-25/h4-17H,18H2,1-3H3,(H,32,35)/b31-17-. The van der Waals surface area contributed by atoms with Crippen molar-refractivity contribution >= 4 is 39.4 Å². The number of benzene rings is 3. The Kier molecular flexibility index (Phi) is 8.37. The number of amides is 1. The minimum atomic E-state index is -4.11. The molecule has 1 aromatic heterocycles. The third-order valence-corrected chi connectivity index (χ3v) is 8.07. The van der Waals surface area contributed by atoms with Crippen LogP contribution >= 0.6 is 11.6 Å². The molecule has 0 saturated carbocycles. The van der Waals surface area contributed by atoms with Crippen molar-refractivity contribution in [2.24, 2.45) is 5.10 Å². The van der Waals surface area contributed by atoms with E-state index in [9.17, 15) is 17.6 Å². The lowest BCUT2D eigenvalue weighted by Crippen LogP contribution is -2.39. The summed E-state index contributed by atoms with van der Waals surface area (Å²) in [5, 5.41) is 4.24. The Balaban J connectivity index is 1.56. The van der Waals surface area contributed by atoms with Crippen LogP contribution in [-0.2, 0) is 14.8 Å². The summed E-state index contributed by atoms with van der Waals surface area (Å²) >= 11 is 6.25. The van der Waals surface area contributed by atoms with E-state index in [4.69, 9.17) is 16.3 Å². The summed E-state index contributed by atoms with van der Waals surface area (Å²) in [7, 11) is -2.67. The highest BCUT2D eigenvalue weighted by atomic mass is 35.5. The zero-order valence-corrected chi connectivity index (χ0v) is 23.0. The number of ether oxygens (including phenoxy) is 1. The minimum absolute atomic E-state index is 0.0153. The number of halogens is 2. The third-order valence-electron chi connectivity index (χ3n) is 5.99. The maximum atomic E-state index is 13.5. The fourth-order valence-electron chi connectivity index (χ4n) is 4.09. The number of nitrogens with one attached hydrogen (secondary N) is 1. The Labute approximate surface area is 231 Å². The van der Waals surface area contributed by atoms with Gasteiger partial charge in [-0.15, -0.1) is 0 Å². The fraction of sp³-hybridized carbons (Fsp3) is 0.143. The number of methoxy groups -OCH3 is 1. The Bertz CT molecular complexity index is 1620. The number of carbonyl (C=O) groups excluding carboxylic acids is 1. The van der Waals surface area contributed by atoms with Gasteiger partial charge < -0.3 is 9.30 Å². The highest BCUT2D eigenvalue weighted by Crippen LogP contribution is 2.32. The van der Waals surface area contributed by atoms with E-state index in [1.807, 2.05) is 24.5 Å². The van der Waals surface area contributed by atoms with Crippen LogP contribution in [0.4, 0.5) is 10.1 Å². The van der Waals surface area contributed by atoms with E-state index in [1.54, 1.807) is 30.3 Å². The van der Waals surface area contributed by atoms with Crippen LogP contribution in [0.3, 0.4) is 0 Å². The maximum Gasteiger partial charge on any atom is 0.264 e. The second kappa shape index (κ2) is 11.7. The largest absolute Gasteiger partial charge is 0.495 e. The van der Waals surface area contributed by atoms with Gasteiger partial charge in [-0.05, 0) is 74.5 Å². The molecule has 0 spiro atoms. The van der Waals surface area contributed by atoms with Gasteiger partial charge in [0.15, 0.2) is 0 Å². The summed E-state index contributed by atoms with van der Waals surface area (Å²) in [6, 6.07) is 20.2. The van der Waals surface area contributed by atoms with Gasteiger partial charge in [-0.1, -0.05) is 29.8 Å².